The summed E-state index contributed by atoms with van der Waals surface area (Å²) in [5.41, 5.74) is 2.45. The summed E-state index contributed by atoms with van der Waals surface area (Å²) in [6, 6.07) is 13.8. The van der Waals surface area contributed by atoms with E-state index < -0.39 is 5.60 Å². The molecule has 1 unspecified atom stereocenters. The van der Waals surface area contributed by atoms with E-state index in [1.165, 1.54) is 24.8 Å². The highest BCUT2D eigenvalue weighted by molar-refractivity contribution is 6.35. The minimum atomic E-state index is -1.25. The molecule has 0 radical (unpaired) electrons. The van der Waals surface area contributed by atoms with Gasteiger partial charge >= 0.3 is 0 Å². The largest absolute Gasteiger partial charge is 0.385 e. The number of hydrogen-bond donors (Lipinski definition) is 2. The van der Waals surface area contributed by atoms with Crippen LogP contribution in [-0.2, 0) is 10.4 Å². The van der Waals surface area contributed by atoms with Gasteiger partial charge in [0.1, 0.15) is 5.52 Å². The van der Waals surface area contributed by atoms with Crippen molar-refractivity contribution in [3.8, 4) is 0 Å². The summed E-state index contributed by atoms with van der Waals surface area (Å²) in [7, 11) is 0. The number of carbonyl (C=O) groups is 1. The molecule has 1 aromatic heterocycles. The molecule has 2 aliphatic carbocycles. The Kier molecular flexibility index (Phi) is 4.83. The van der Waals surface area contributed by atoms with Crippen molar-refractivity contribution < 1.29 is 9.90 Å². The first kappa shape index (κ1) is 19.6. The Hall–Kier alpha value is -2.37. The highest BCUT2D eigenvalue weighted by atomic mass is 35.5. The number of fused-ring (bicyclic) bond motifs is 1. The summed E-state index contributed by atoms with van der Waals surface area (Å²) in [4.78, 5) is 17.6. The van der Waals surface area contributed by atoms with Crippen molar-refractivity contribution in [2.75, 3.05) is 5.32 Å². The van der Waals surface area contributed by atoms with E-state index in [1.807, 2.05) is 36.4 Å². The van der Waals surface area contributed by atoms with Crippen molar-refractivity contribution in [1.82, 2.24) is 9.55 Å². The molecule has 2 aromatic carbocycles. The highest BCUT2D eigenvalue weighted by Gasteiger charge is 2.31. The van der Waals surface area contributed by atoms with Gasteiger partial charge in [-0.2, -0.15) is 0 Å². The second-order valence-electron chi connectivity index (χ2n) is 8.90. The Labute approximate surface area is 181 Å². The minimum Gasteiger partial charge on any atom is -0.385 e. The molecule has 2 fully saturated rings. The zero-order valence-corrected chi connectivity index (χ0v) is 17.8. The lowest BCUT2D eigenvalue weighted by molar-refractivity contribution is -0.120. The third kappa shape index (κ3) is 3.61. The number of anilines is 1. The second-order valence-corrected chi connectivity index (χ2v) is 9.31. The van der Waals surface area contributed by atoms with Crippen molar-refractivity contribution in [2.24, 2.45) is 0 Å². The van der Waals surface area contributed by atoms with Crippen LogP contribution >= 0.6 is 11.6 Å². The Morgan fingerprint density at radius 2 is 1.97 bits per heavy atom. The molecule has 1 heterocycles. The molecule has 2 saturated carbocycles. The van der Waals surface area contributed by atoms with Crippen LogP contribution in [0.1, 0.15) is 68.5 Å². The van der Waals surface area contributed by atoms with Crippen molar-refractivity contribution in [2.45, 2.75) is 63.0 Å². The number of halogens is 1. The number of aromatic nitrogens is 2. The van der Waals surface area contributed by atoms with E-state index in [4.69, 9.17) is 16.6 Å². The molecule has 1 amide bonds. The van der Waals surface area contributed by atoms with Gasteiger partial charge in [0.2, 0.25) is 11.9 Å². The van der Waals surface area contributed by atoms with Crippen molar-refractivity contribution in [1.29, 1.82) is 0 Å². The fourth-order valence-corrected chi connectivity index (χ4v) is 4.57. The van der Waals surface area contributed by atoms with Gasteiger partial charge in [-0.15, -0.1) is 0 Å². The van der Waals surface area contributed by atoms with E-state index in [-0.39, 0.29) is 12.3 Å². The van der Waals surface area contributed by atoms with Crippen LogP contribution in [0.3, 0.4) is 0 Å². The lowest BCUT2D eigenvalue weighted by atomic mass is 9.92. The van der Waals surface area contributed by atoms with Gasteiger partial charge < -0.3 is 9.67 Å². The standard InChI is InChI=1S/C24H26ClN3O2/c1-24(30,17-6-3-2-4-7-17)14-21(29)26-23-27-22-19(25)12-16(15-10-11-15)13-20(22)28(23)18-8-5-9-18/h2-4,6-7,12-13,15,18,30H,5,8-11,14H2,1H3,(H,26,27,29). The smallest absolute Gasteiger partial charge is 0.229 e. The molecule has 0 spiro atoms. The molecule has 0 bridgehead atoms. The molecule has 156 valence electrons. The Bertz CT molecular complexity index is 1100. The average Bonchev–Trinajstić information content (AvgIpc) is 3.46. The first-order valence-electron chi connectivity index (χ1n) is 10.7. The van der Waals surface area contributed by atoms with Crippen LogP contribution in [0.5, 0.6) is 0 Å². The summed E-state index contributed by atoms with van der Waals surface area (Å²) >= 11 is 6.58. The van der Waals surface area contributed by atoms with Gasteiger partial charge in [0.15, 0.2) is 0 Å². The first-order valence-corrected chi connectivity index (χ1v) is 11.1. The van der Waals surface area contributed by atoms with Crippen LogP contribution in [0.4, 0.5) is 5.95 Å². The quantitative estimate of drug-likeness (QED) is 0.547. The topological polar surface area (TPSA) is 67.2 Å². The number of benzene rings is 2. The van der Waals surface area contributed by atoms with Crippen LogP contribution < -0.4 is 5.32 Å². The van der Waals surface area contributed by atoms with Crippen molar-refractivity contribution in [3.63, 3.8) is 0 Å². The molecule has 6 heteroatoms. The number of nitrogens with zero attached hydrogens (tertiary/aromatic N) is 2. The number of amides is 1. The molecule has 0 aliphatic heterocycles. The van der Waals surface area contributed by atoms with E-state index in [0.717, 1.165) is 23.9 Å². The lowest BCUT2D eigenvalue weighted by Gasteiger charge is -2.29. The Morgan fingerprint density at radius 3 is 2.60 bits per heavy atom. The summed E-state index contributed by atoms with van der Waals surface area (Å²) in [6.07, 6.45) is 5.68. The molecule has 3 aromatic rings. The van der Waals surface area contributed by atoms with Gasteiger partial charge in [0.25, 0.3) is 0 Å². The average molecular weight is 424 g/mol. The zero-order valence-electron chi connectivity index (χ0n) is 17.1. The summed E-state index contributed by atoms with van der Waals surface area (Å²) < 4.78 is 2.14. The van der Waals surface area contributed by atoms with Crippen LogP contribution in [-0.4, -0.2) is 20.6 Å². The second kappa shape index (κ2) is 7.40. The van der Waals surface area contributed by atoms with Crippen LogP contribution in [0.2, 0.25) is 5.02 Å². The van der Waals surface area contributed by atoms with Gasteiger partial charge in [-0.25, -0.2) is 4.98 Å². The van der Waals surface area contributed by atoms with E-state index in [1.54, 1.807) is 6.92 Å². The summed E-state index contributed by atoms with van der Waals surface area (Å²) in [5, 5.41) is 14.4. The van der Waals surface area contributed by atoms with Gasteiger partial charge in [0, 0.05) is 6.04 Å². The van der Waals surface area contributed by atoms with Crippen LogP contribution in [0.15, 0.2) is 42.5 Å². The van der Waals surface area contributed by atoms with Gasteiger partial charge in [-0.3, -0.25) is 10.1 Å². The predicted molar refractivity (Wildman–Crippen MR) is 119 cm³/mol. The zero-order chi connectivity index (χ0) is 20.9. The fraction of sp³-hybridized carbons (Fsp3) is 0.417. The SMILES string of the molecule is CC(O)(CC(=O)Nc1nc2c(Cl)cc(C3CC3)cc2n1C1CCC1)c1ccccc1. The Balaban J connectivity index is 1.46. The molecule has 5 nitrogen and oxygen atoms in total. The number of imidazole rings is 1. The molecule has 2 N–H and O–H groups in total. The van der Waals surface area contributed by atoms with Gasteiger partial charge in [0.05, 0.1) is 22.6 Å². The molecule has 0 saturated heterocycles. The molecule has 5 rings (SSSR count). The normalized spacial score (nSPS) is 18.8. The lowest BCUT2D eigenvalue weighted by Crippen LogP contribution is -2.30. The van der Waals surface area contributed by atoms with Crippen molar-refractivity contribution >= 4 is 34.5 Å². The number of hydrogen-bond acceptors (Lipinski definition) is 3. The number of rotatable bonds is 6. The maximum absolute atomic E-state index is 12.9. The van der Waals surface area contributed by atoms with Crippen LogP contribution in [0.25, 0.3) is 11.0 Å². The minimum absolute atomic E-state index is 0.0497. The number of carbonyl (C=O) groups excluding carboxylic acids is 1. The number of aliphatic hydroxyl groups is 1. The van der Waals surface area contributed by atoms with E-state index in [2.05, 4.69) is 16.0 Å². The van der Waals surface area contributed by atoms with E-state index >= 15 is 0 Å². The fourth-order valence-electron chi connectivity index (χ4n) is 4.31. The molecule has 30 heavy (non-hydrogen) atoms. The molecule has 1 atom stereocenters. The van der Waals surface area contributed by atoms with E-state index in [9.17, 15) is 9.90 Å². The summed E-state index contributed by atoms with van der Waals surface area (Å²) in [5.74, 6) is 0.854. The van der Waals surface area contributed by atoms with E-state index in [0.29, 0.717) is 28.5 Å². The van der Waals surface area contributed by atoms with Gasteiger partial charge in [-0.05, 0) is 68.2 Å². The maximum Gasteiger partial charge on any atom is 0.229 e. The molecular weight excluding hydrogens is 398 g/mol. The third-order valence-corrected chi connectivity index (χ3v) is 6.70. The number of nitrogens with one attached hydrogen (secondary N) is 1. The predicted octanol–water partition coefficient (Wildman–Crippen LogP) is 5.53. The van der Waals surface area contributed by atoms with Crippen molar-refractivity contribution in [3.05, 3.63) is 58.6 Å². The molecular formula is C24H26ClN3O2. The molecule has 2 aliphatic rings. The Morgan fingerprint density at radius 1 is 1.23 bits per heavy atom. The first-order chi connectivity index (χ1) is 14.4. The summed E-state index contributed by atoms with van der Waals surface area (Å²) in [6.45, 7) is 1.66. The van der Waals surface area contributed by atoms with Gasteiger partial charge in [-0.1, -0.05) is 41.9 Å². The highest BCUT2D eigenvalue weighted by Crippen LogP contribution is 2.44. The monoisotopic (exact) mass is 423 g/mol. The van der Waals surface area contributed by atoms with Crippen LogP contribution in [0, 0.1) is 0 Å². The third-order valence-electron chi connectivity index (χ3n) is 6.41. The maximum atomic E-state index is 12.9.